The van der Waals surface area contributed by atoms with E-state index in [4.69, 9.17) is 11.2 Å². The van der Waals surface area contributed by atoms with Crippen LogP contribution in [0.4, 0.5) is 0 Å². The summed E-state index contributed by atoms with van der Waals surface area (Å²) in [6, 6.07) is 7.43. The Hall–Kier alpha value is -1.61. The molecule has 2 rings (SSSR count). The van der Waals surface area contributed by atoms with Crippen LogP contribution >= 0.6 is 22.7 Å². The summed E-state index contributed by atoms with van der Waals surface area (Å²) in [5, 5.41) is 12.1. The number of hydrogen-bond acceptors (Lipinski definition) is 5. The lowest BCUT2D eigenvalue weighted by Gasteiger charge is -2.19. The molecule has 0 aromatic carbocycles. The molecule has 2 aromatic heterocycles. The molecule has 92 valence electrons. The molecule has 2 heterocycles. The molecule has 1 unspecified atom stereocenters. The van der Waals surface area contributed by atoms with Crippen LogP contribution in [0, 0.1) is 12.3 Å². The van der Waals surface area contributed by atoms with Gasteiger partial charge in [0.2, 0.25) is 0 Å². The zero-order chi connectivity index (χ0) is 13.2. The molecule has 0 saturated heterocycles. The van der Waals surface area contributed by atoms with Crippen molar-refractivity contribution < 1.29 is 14.6 Å². The summed E-state index contributed by atoms with van der Waals surface area (Å²) in [6.07, 6.45) is 5.25. The van der Waals surface area contributed by atoms with Crippen molar-refractivity contribution >= 4 is 28.6 Å². The van der Waals surface area contributed by atoms with Crippen LogP contribution in [0.1, 0.15) is 11.8 Å². The second-order valence-electron chi connectivity index (χ2n) is 3.52. The molecule has 0 aliphatic rings. The minimum Gasteiger partial charge on any atom is -0.416 e. The molecule has 0 saturated carbocycles. The van der Waals surface area contributed by atoms with Crippen molar-refractivity contribution in [3.05, 3.63) is 34.5 Å². The number of terminal acetylenes is 1. The average Bonchev–Trinajstić information content (AvgIpc) is 2.98. The van der Waals surface area contributed by atoms with Gasteiger partial charge in [-0.3, -0.25) is 4.79 Å². The average molecular weight is 278 g/mol. The van der Waals surface area contributed by atoms with Crippen molar-refractivity contribution in [3.8, 4) is 22.1 Å². The van der Waals surface area contributed by atoms with Gasteiger partial charge >= 0.3 is 11.8 Å². The highest BCUT2D eigenvalue weighted by atomic mass is 32.1. The monoisotopic (exact) mass is 278 g/mol. The van der Waals surface area contributed by atoms with Gasteiger partial charge < -0.3 is 9.84 Å². The SMILES string of the molecule is C#CC(O)(OC(C)=O)c1ccc(-c2cccs2)s1. The Morgan fingerprint density at radius 2 is 2.22 bits per heavy atom. The van der Waals surface area contributed by atoms with Gasteiger partial charge in [0.1, 0.15) is 0 Å². The van der Waals surface area contributed by atoms with Crippen LogP contribution in [-0.4, -0.2) is 11.1 Å². The lowest BCUT2D eigenvalue weighted by atomic mass is 10.2. The van der Waals surface area contributed by atoms with E-state index in [-0.39, 0.29) is 0 Å². The molecular weight excluding hydrogens is 268 g/mol. The number of ether oxygens (including phenoxy) is 1. The number of rotatable bonds is 3. The van der Waals surface area contributed by atoms with Gasteiger partial charge in [-0.25, -0.2) is 0 Å². The Labute approximate surface area is 113 Å². The van der Waals surface area contributed by atoms with Gasteiger partial charge in [0.15, 0.2) is 0 Å². The van der Waals surface area contributed by atoms with E-state index >= 15 is 0 Å². The zero-order valence-corrected chi connectivity index (χ0v) is 11.2. The van der Waals surface area contributed by atoms with Crippen LogP contribution in [-0.2, 0) is 15.3 Å². The Morgan fingerprint density at radius 3 is 2.78 bits per heavy atom. The third kappa shape index (κ3) is 2.46. The summed E-state index contributed by atoms with van der Waals surface area (Å²) in [5.41, 5.74) is 0. The number of esters is 1. The topological polar surface area (TPSA) is 46.5 Å². The van der Waals surface area contributed by atoms with Crippen molar-refractivity contribution in [1.82, 2.24) is 0 Å². The van der Waals surface area contributed by atoms with Gasteiger partial charge in [-0.15, -0.1) is 29.1 Å². The van der Waals surface area contributed by atoms with E-state index in [1.54, 1.807) is 17.4 Å². The quantitative estimate of drug-likeness (QED) is 0.533. The summed E-state index contributed by atoms with van der Waals surface area (Å²) in [4.78, 5) is 13.4. The van der Waals surface area contributed by atoms with Crippen LogP contribution in [0.15, 0.2) is 29.6 Å². The standard InChI is InChI=1S/C13H10O3S2/c1-3-13(15,16-9(2)14)12-7-6-11(18-12)10-5-4-8-17-10/h1,4-8,15H,2H3. The maximum atomic E-state index is 11.0. The van der Waals surface area contributed by atoms with Gasteiger partial charge in [-0.05, 0) is 29.5 Å². The molecule has 0 aliphatic carbocycles. The minimum absolute atomic E-state index is 0.420. The van der Waals surface area contributed by atoms with Crippen LogP contribution in [0.2, 0.25) is 0 Å². The van der Waals surface area contributed by atoms with E-state index in [9.17, 15) is 9.90 Å². The fourth-order valence-corrected chi connectivity index (χ4v) is 3.26. The molecular formula is C13H10O3S2. The predicted octanol–water partition coefficient (Wildman–Crippen LogP) is 2.82. The third-order valence-electron chi connectivity index (χ3n) is 2.19. The number of carbonyl (C=O) groups is 1. The van der Waals surface area contributed by atoms with E-state index in [2.05, 4.69) is 5.92 Å². The van der Waals surface area contributed by atoms with Crippen LogP contribution < -0.4 is 0 Å². The molecule has 0 bridgehead atoms. The van der Waals surface area contributed by atoms with Gasteiger partial charge in [0, 0.05) is 16.7 Å². The highest BCUT2D eigenvalue weighted by Gasteiger charge is 2.32. The summed E-state index contributed by atoms with van der Waals surface area (Å²) < 4.78 is 4.80. The van der Waals surface area contributed by atoms with Gasteiger partial charge in [-0.2, -0.15) is 0 Å². The van der Waals surface area contributed by atoms with Crippen LogP contribution in [0.5, 0.6) is 0 Å². The van der Waals surface area contributed by atoms with Crippen molar-refractivity contribution in [2.24, 2.45) is 0 Å². The lowest BCUT2D eigenvalue weighted by Crippen LogP contribution is -2.28. The van der Waals surface area contributed by atoms with Gasteiger partial charge in [-0.1, -0.05) is 6.07 Å². The normalized spacial score (nSPS) is 13.6. The fraction of sp³-hybridized carbons (Fsp3) is 0.154. The minimum atomic E-state index is -1.98. The molecule has 18 heavy (non-hydrogen) atoms. The largest absolute Gasteiger partial charge is 0.416 e. The van der Waals surface area contributed by atoms with E-state index < -0.39 is 11.8 Å². The molecule has 2 aromatic rings. The van der Waals surface area contributed by atoms with Gasteiger partial charge in [0.25, 0.3) is 0 Å². The molecule has 3 nitrogen and oxygen atoms in total. The second kappa shape index (κ2) is 4.94. The predicted molar refractivity (Wildman–Crippen MR) is 72.1 cm³/mol. The fourth-order valence-electron chi connectivity index (χ4n) is 1.43. The Balaban J connectivity index is 2.34. The summed E-state index contributed by atoms with van der Waals surface area (Å²) in [5.74, 6) is -0.493. The number of carbonyl (C=O) groups excluding carboxylic acids is 1. The highest BCUT2D eigenvalue weighted by molar-refractivity contribution is 7.21. The molecule has 1 atom stereocenters. The number of aliphatic hydroxyl groups is 1. The van der Waals surface area contributed by atoms with Crippen LogP contribution in [0.3, 0.4) is 0 Å². The molecule has 0 aliphatic heterocycles. The number of thiophene rings is 2. The van der Waals surface area contributed by atoms with Crippen molar-refractivity contribution in [3.63, 3.8) is 0 Å². The maximum Gasteiger partial charge on any atom is 0.312 e. The summed E-state index contributed by atoms with van der Waals surface area (Å²) >= 11 is 2.90. The smallest absolute Gasteiger partial charge is 0.312 e. The maximum absolute atomic E-state index is 11.0. The summed E-state index contributed by atoms with van der Waals surface area (Å²) in [6.45, 7) is 1.20. The van der Waals surface area contributed by atoms with Crippen molar-refractivity contribution in [1.29, 1.82) is 0 Å². The third-order valence-corrected chi connectivity index (χ3v) is 4.43. The zero-order valence-electron chi connectivity index (χ0n) is 9.54. The second-order valence-corrected chi connectivity index (χ2v) is 5.55. The first-order chi connectivity index (χ1) is 8.55. The lowest BCUT2D eigenvalue weighted by molar-refractivity contribution is -0.187. The summed E-state index contributed by atoms with van der Waals surface area (Å²) in [7, 11) is 0. The molecule has 0 spiro atoms. The van der Waals surface area contributed by atoms with Crippen LogP contribution in [0.25, 0.3) is 9.75 Å². The first-order valence-corrected chi connectivity index (χ1v) is 6.78. The molecule has 5 heteroatoms. The molecule has 1 N–H and O–H groups in total. The Bertz CT molecular complexity index is 592. The Morgan fingerprint density at radius 1 is 1.44 bits per heavy atom. The van der Waals surface area contributed by atoms with E-state index in [0.717, 1.165) is 9.75 Å². The first-order valence-electron chi connectivity index (χ1n) is 5.09. The molecule has 0 amide bonds. The van der Waals surface area contributed by atoms with Gasteiger partial charge in [0.05, 0.1) is 4.88 Å². The van der Waals surface area contributed by atoms with E-state index in [0.29, 0.717) is 4.88 Å². The molecule has 0 radical (unpaired) electrons. The van der Waals surface area contributed by atoms with Crippen molar-refractivity contribution in [2.45, 2.75) is 12.7 Å². The number of hydrogen-bond donors (Lipinski definition) is 1. The first kappa shape index (κ1) is 12.8. The van der Waals surface area contributed by atoms with Crippen molar-refractivity contribution in [2.75, 3.05) is 0 Å². The highest BCUT2D eigenvalue weighted by Crippen LogP contribution is 2.36. The van der Waals surface area contributed by atoms with E-state index in [1.165, 1.54) is 18.3 Å². The molecule has 0 fully saturated rings. The van der Waals surface area contributed by atoms with E-state index in [1.807, 2.05) is 23.6 Å². The Kier molecular flexibility index (Phi) is 3.53.